The van der Waals surface area contributed by atoms with Crippen LogP contribution in [0.3, 0.4) is 0 Å². The van der Waals surface area contributed by atoms with Gasteiger partial charge in [-0.2, -0.15) is 0 Å². The van der Waals surface area contributed by atoms with Crippen LogP contribution in [-0.4, -0.2) is 25.9 Å². The standard InChI is InChI=1S/C14H14O3.4CO.Cr/c1-15-9-10-8-13(16-2)11-6-4-5-7-12(11)14(10)17-3;4*1-2;/h4-8H,1-3H3;;;;;. The third-order valence-electron chi connectivity index (χ3n) is 2.79. The Hall–Kier alpha value is -2.38. The monoisotopic (exact) mass is 394 g/mol. The average Bonchev–Trinajstić information content (AvgIpc) is 2.77. The van der Waals surface area contributed by atoms with Gasteiger partial charge in [-0.05, 0) is 0 Å². The van der Waals surface area contributed by atoms with E-state index in [0.717, 1.165) is 27.8 Å². The molecule has 2 rings (SSSR count). The van der Waals surface area contributed by atoms with Crippen LogP contribution in [0.25, 0.3) is 10.8 Å². The van der Waals surface area contributed by atoms with Crippen LogP contribution < -0.4 is 9.47 Å². The summed E-state index contributed by atoms with van der Waals surface area (Å²) >= 11 is 2.89. The summed E-state index contributed by atoms with van der Waals surface area (Å²) in [5, 5.41) is 2.02. The first kappa shape index (κ1) is 28.4. The van der Waals surface area contributed by atoms with Crippen molar-refractivity contribution in [2.75, 3.05) is 21.3 Å². The van der Waals surface area contributed by atoms with Gasteiger partial charge in [0.15, 0.2) is 0 Å². The van der Waals surface area contributed by atoms with Crippen molar-refractivity contribution in [1.82, 2.24) is 0 Å². The molecule has 0 saturated carbocycles. The van der Waals surface area contributed by atoms with E-state index in [1.165, 1.54) is 0 Å². The van der Waals surface area contributed by atoms with E-state index in [1.54, 1.807) is 21.3 Å². The molecule has 0 aliphatic carbocycles. The molecule has 0 unspecified atom stereocenters. The Morgan fingerprint density at radius 3 is 1.65 bits per heavy atom. The molecular formula is C18H14CrO7. The Kier molecular flexibility index (Phi) is 20.7. The van der Waals surface area contributed by atoms with Crippen LogP contribution >= 0.6 is 0 Å². The van der Waals surface area contributed by atoms with E-state index in [0.29, 0.717) is 4.57 Å². The van der Waals surface area contributed by atoms with Crippen molar-refractivity contribution >= 4 is 15.3 Å². The van der Waals surface area contributed by atoms with Crippen LogP contribution in [0.2, 0.25) is 0 Å². The normalized spacial score (nSPS) is 7.50. The fourth-order valence-electron chi connectivity index (χ4n) is 1.97. The molecule has 0 spiro atoms. The van der Waals surface area contributed by atoms with Crippen LogP contribution in [0.5, 0.6) is 11.5 Å². The van der Waals surface area contributed by atoms with Crippen LogP contribution in [-0.2, 0) is 39.2 Å². The van der Waals surface area contributed by atoms with Crippen molar-refractivity contribution in [1.29, 1.82) is 0 Å². The van der Waals surface area contributed by atoms with E-state index in [-0.39, 0.29) is 0 Å². The Morgan fingerprint density at radius 2 is 1.27 bits per heavy atom. The third-order valence-corrected chi connectivity index (χ3v) is 3.39. The fraction of sp³-hybridized carbons (Fsp3) is 0.167. The minimum absolute atomic E-state index is 0.677. The van der Waals surface area contributed by atoms with Gasteiger partial charge in [-0.3, -0.25) is 0 Å². The summed E-state index contributed by atoms with van der Waals surface area (Å²) in [6.45, 7) is 18.0. The van der Waals surface area contributed by atoms with E-state index in [2.05, 4.69) is 42.5 Å². The van der Waals surface area contributed by atoms with Crippen LogP contribution in [0, 0.1) is 26.6 Å². The van der Waals surface area contributed by atoms with Crippen molar-refractivity contribution in [3.63, 3.8) is 0 Å². The summed E-state index contributed by atoms with van der Waals surface area (Å²) in [4.78, 5) is 0. The van der Waals surface area contributed by atoms with Crippen molar-refractivity contribution in [3.05, 3.63) is 62.5 Å². The topological polar surface area (TPSA) is 107 Å². The second-order valence-electron chi connectivity index (χ2n) is 3.70. The predicted molar refractivity (Wildman–Crippen MR) is 83.9 cm³/mol. The first-order valence-corrected chi connectivity index (χ1v) is 6.90. The number of ether oxygens (including phenoxy) is 3. The summed E-state index contributed by atoms with van der Waals surface area (Å²) < 4.78 is 46.9. The molecule has 2 aromatic rings. The van der Waals surface area contributed by atoms with Crippen LogP contribution in [0.15, 0.2) is 30.3 Å². The van der Waals surface area contributed by atoms with Gasteiger partial charge in [0.25, 0.3) is 0 Å². The zero-order valence-electron chi connectivity index (χ0n) is 14.2. The molecule has 0 aliphatic rings. The molecule has 0 aliphatic heterocycles. The number of benzene rings is 2. The van der Waals surface area contributed by atoms with E-state index < -0.39 is 0 Å². The number of hydrogen-bond acceptors (Lipinski definition) is 3. The molecule has 8 heteroatoms. The van der Waals surface area contributed by atoms with Gasteiger partial charge in [0.05, 0.1) is 0 Å². The van der Waals surface area contributed by atoms with Gasteiger partial charge in [0.2, 0.25) is 0 Å². The average molecular weight is 394 g/mol. The molecule has 0 fully saturated rings. The van der Waals surface area contributed by atoms with Gasteiger partial charge >= 0.3 is 159 Å². The number of hydrogen-bond donors (Lipinski definition) is 0. The number of fused-ring (bicyclic) bond motifs is 1. The van der Waals surface area contributed by atoms with E-state index in [1.807, 2.05) is 30.3 Å². The number of rotatable bonds is 4. The van der Waals surface area contributed by atoms with Crippen LogP contribution in [0.1, 0.15) is 5.56 Å². The SMILES string of the molecule is CO[C](=[Cr])c1cc(OC)c2ccccc2c1OC.[C-]#[O+].[C-]#[O+].[C-]#[O+].[C-]#[O+]. The van der Waals surface area contributed by atoms with Gasteiger partial charge in [-0.15, -0.1) is 0 Å². The van der Waals surface area contributed by atoms with Crippen molar-refractivity contribution in [2.24, 2.45) is 0 Å². The summed E-state index contributed by atoms with van der Waals surface area (Å²) in [5.41, 5.74) is 0.857. The zero-order chi connectivity index (χ0) is 21.1. The molecule has 0 radical (unpaired) electrons. The molecule has 0 saturated heterocycles. The zero-order valence-corrected chi connectivity index (χ0v) is 15.4. The number of methoxy groups -OCH3 is 3. The summed E-state index contributed by atoms with van der Waals surface area (Å²) in [7, 11) is 4.93. The summed E-state index contributed by atoms with van der Waals surface area (Å²) in [6, 6.07) is 9.87. The third kappa shape index (κ3) is 7.67. The molecular weight excluding hydrogens is 380 g/mol. The maximum atomic E-state index is 7.50. The molecule has 26 heavy (non-hydrogen) atoms. The van der Waals surface area contributed by atoms with Gasteiger partial charge in [-0.1, -0.05) is 0 Å². The minimum atomic E-state index is 0.677. The molecule has 7 nitrogen and oxygen atoms in total. The first-order chi connectivity index (χ1) is 12.7. The van der Waals surface area contributed by atoms with Gasteiger partial charge in [0.1, 0.15) is 0 Å². The molecule has 0 aromatic heterocycles. The van der Waals surface area contributed by atoms with Gasteiger partial charge in [-0.25, -0.2) is 0 Å². The molecule has 0 heterocycles. The molecule has 0 atom stereocenters. The fourth-order valence-corrected chi connectivity index (χ4v) is 2.20. The summed E-state index contributed by atoms with van der Waals surface area (Å²) in [6.07, 6.45) is 0. The Labute approximate surface area is 159 Å². The molecule has 0 N–H and O–H groups in total. The van der Waals surface area contributed by atoms with Crippen molar-refractivity contribution in [2.45, 2.75) is 0 Å². The first-order valence-electron chi connectivity index (χ1n) is 6.26. The second-order valence-corrected chi connectivity index (χ2v) is 4.28. The van der Waals surface area contributed by atoms with E-state index >= 15 is 0 Å². The molecule has 2 aromatic carbocycles. The Balaban J connectivity index is -0.000000585. The second kappa shape index (κ2) is 19.0. The predicted octanol–water partition coefficient (Wildman–Crippen LogP) is 2.38. The Bertz CT molecular complexity index is 736. The molecule has 0 bridgehead atoms. The van der Waals surface area contributed by atoms with Gasteiger partial charge < -0.3 is 0 Å². The van der Waals surface area contributed by atoms with Gasteiger partial charge in [0, 0.05) is 0 Å². The van der Waals surface area contributed by atoms with Crippen molar-refractivity contribution in [3.8, 4) is 11.5 Å². The van der Waals surface area contributed by atoms with E-state index in [9.17, 15) is 0 Å². The summed E-state index contributed by atoms with van der Waals surface area (Å²) in [5.74, 6) is 1.58. The maximum absolute atomic E-state index is 7.50. The quantitative estimate of drug-likeness (QED) is 0.587. The van der Waals surface area contributed by atoms with E-state index in [4.69, 9.17) is 32.8 Å². The molecule has 0 amide bonds. The van der Waals surface area contributed by atoms with Crippen LogP contribution in [0.4, 0.5) is 0 Å². The van der Waals surface area contributed by atoms with Crippen molar-refractivity contribution < 1.29 is 48.7 Å². The Morgan fingerprint density at radius 1 is 0.808 bits per heavy atom. The molecule has 134 valence electrons.